The summed E-state index contributed by atoms with van der Waals surface area (Å²) in [4.78, 5) is 11.0. The Morgan fingerprint density at radius 3 is 2.59 bits per heavy atom. The summed E-state index contributed by atoms with van der Waals surface area (Å²) in [6, 6.07) is 12.8. The maximum atomic E-state index is 12.0. The second-order valence-electron chi connectivity index (χ2n) is 7.43. The van der Waals surface area contributed by atoms with Gasteiger partial charge in [-0.05, 0) is 61.9 Å². The summed E-state index contributed by atoms with van der Waals surface area (Å²) >= 11 is 0. The van der Waals surface area contributed by atoms with Gasteiger partial charge in [0.25, 0.3) is 10.1 Å². The number of nitrogens with zero attached hydrogens (tertiary/aromatic N) is 5. The van der Waals surface area contributed by atoms with Crippen molar-refractivity contribution in [1.82, 2.24) is 19.7 Å². The topological polar surface area (TPSA) is 102 Å². The molecule has 0 saturated carbocycles. The molecule has 2 aromatic heterocycles. The van der Waals surface area contributed by atoms with Gasteiger partial charge in [-0.1, -0.05) is 0 Å². The molecule has 0 amide bonds. The molecular formula is C22H24N6O3S. The fourth-order valence-electron chi connectivity index (χ4n) is 3.48. The van der Waals surface area contributed by atoms with Crippen LogP contribution in [0.15, 0.2) is 53.6 Å². The smallest absolute Gasteiger partial charge is 0.296 e. The van der Waals surface area contributed by atoms with Crippen LogP contribution in [0.1, 0.15) is 11.3 Å². The molecule has 166 valence electrons. The summed E-state index contributed by atoms with van der Waals surface area (Å²) in [5, 5.41) is 8.80. The van der Waals surface area contributed by atoms with Gasteiger partial charge in [-0.2, -0.15) is 18.5 Å². The predicted octanol–water partition coefficient (Wildman–Crippen LogP) is 3.83. The average Bonchev–Trinajstić information content (AvgIpc) is 3.06. The zero-order valence-electron chi connectivity index (χ0n) is 18.5. The summed E-state index contributed by atoms with van der Waals surface area (Å²) in [6.45, 7) is 3.75. The summed E-state index contributed by atoms with van der Waals surface area (Å²) in [5.74, 6) is 1.09. The summed E-state index contributed by atoms with van der Waals surface area (Å²) in [5.41, 5.74) is 4.21. The Balaban J connectivity index is 1.59. The lowest BCUT2D eigenvalue weighted by atomic mass is 10.2. The third-order valence-electron chi connectivity index (χ3n) is 5.41. The Labute approximate surface area is 186 Å². The fraction of sp³-hybridized carbons (Fsp3) is 0.227. The van der Waals surface area contributed by atoms with Crippen molar-refractivity contribution >= 4 is 44.2 Å². The maximum absolute atomic E-state index is 12.0. The SMILES string of the molecule is COS(=O)(=O)c1ccc(Nc2nccc(N(C)c3ccc4c(C)n(C)nc4c3)n2)cc1C. The van der Waals surface area contributed by atoms with Gasteiger partial charge in [-0.3, -0.25) is 8.86 Å². The number of hydrogen-bond acceptors (Lipinski definition) is 8. The van der Waals surface area contributed by atoms with Gasteiger partial charge in [0.05, 0.1) is 17.5 Å². The monoisotopic (exact) mass is 452 g/mol. The normalized spacial score (nSPS) is 11.7. The molecule has 2 aromatic carbocycles. The first kappa shape index (κ1) is 21.7. The van der Waals surface area contributed by atoms with Crippen molar-refractivity contribution < 1.29 is 12.6 Å². The first-order chi connectivity index (χ1) is 15.2. The highest BCUT2D eigenvalue weighted by atomic mass is 32.2. The number of aromatic nitrogens is 4. The number of benzene rings is 2. The molecule has 0 spiro atoms. The lowest BCUT2D eigenvalue weighted by molar-refractivity contribution is 0.397. The van der Waals surface area contributed by atoms with E-state index in [4.69, 9.17) is 0 Å². The minimum atomic E-state index is -3.76. The molecule has 0 radical (unpaired) electrons. The summed E-state index contributed by atoms with van der Waals surface area (Å²) in [7, 11) is 1.24. The van der Waals surface area contributed by atoms with Crippen molar-refractivity contribution in [2.24, 2.45) is 7.05 Å². The molecule has 0 fully saturated rings. The molecular weight excluding hydrogens is 428 g/mol. The molecule has 0 aliphatic heterocycles. The van der Waals surface area contributed by atoms with Crippen LogP contribution in [-0.2, 0) is 21.3 Å². The van der Waals surface area contributed by atoms with E-state index >= 15 is 0 Å². The van der Waals surface area contributed by atoms with Crippen LogP contribution in [0.4, 0.5) is 23.1 Å². The number of anilines is 4. The van der Waals surface area contributed by atoms with Gasteiger partial charge in [0.2, 0.25) is 5.95 Å². The third-order valence-corrected chi connectivity index (χ3v) is 6.84. The minimum Gasteiger partial charge on any atom is -0.329 e. The van der Waals surface area contributed by atoms with Crippen molar-refractivity contribution in [1.29, 1.82) is 0 Å². The van der Waals surface area contributed by atoms with E-state index < -0.39 is 10.1 Å². The molecule has 0 saturated heterocycles. The van der Waals surface area contributed by atoms with Crippen LogP contribution >= 0.6 is 0 Å². The van der Waals surface area contributed by atoms with Crippen LogP contribution in [-0.4, -0.2) is 42.3 Å². The molecule has 10 heteroatoms. The van der Waals surface area contributed by atoms with Crippen LogP contribution in [0.25, 0.3) is 10.9 Å². The molecule has 1 N–H and O–H groups in total. The van der Waals surface area contributed by atoms with Crippen LogP contribution in [0, 0.1) is 13.8 Å². The second-order valence-corrected chi connectivity index (χ2v) is 9.12. The predicted molar refractivity (Wildman–Crippen MR) is 124 cm³/mol. The number of nitrogens with one attached hydrogen (secondary N) is 1. The Kier molecular flexibility index (Phi) is 5.57. The first-order valence-electron chi connectivity index (χ1n) is 9.88. The van der Waals surface area contributed by atoms with Gasteiger partial charge in [0.15, 0.2) is 0 Å². The van der Waals surface area contributed by atoms with Gasteiger partial charge in [0, 0.05) is 42.7 Å². The van der Waals surface area contributed by atoms with Crippen LogP contribution in [0.5, 0.6) is 0 Å². The van der Waals surface area contributed by atoms with E-state index in [1.807, 2.05) is 48.8 Å². The Bertz CT molecular complexity index is 1410. The van der Waals surface area contributed by atoms with Crippen molar-refractivity contribution in [3.63, 3.8) is 0 Å². The van der Waals surface area contributed by atoms with Crippen molar-refractivity contribution in [2.45, 2.75) is 18.7 Å². The fourth-order valence-corrected chi connectivity index (χ4v) is 4.35. The van der Waals surface area contributed by atoms with Gasteiger partial charge >= 0.3 is 0 Å². The lowest BCUT2D eigenvalue weighted by Gasteiger charge is -2.19. The standard InChI is InChI=1S/C22H24N6O3S/c1-14-12-16(6-9-20(14)32(29,30)31-5)24-22-23-11-10-21(25-22)27(3)17-7-8-18-15(2)28(4)26-19(18)13-17/h6-13H,1-5H3,(H,23,24,25). The number of rotatable bonds is 6. The zero-order valence-corrected chi connectivity index (χ0v) is 19.3. The molecule has 2 heterocycles. The summed E-state index contributed by atoms with van der Waals surface area (Å²) < 4.78 is 30.4. The van der Waals surface area contributed by atoms with Gasteiger partial charge in [-0.15, -0.1) is 0 Å². The number of aryl methyl sites for hydroxylation is 3. The summed E-state index contributed by atoms with van der Waals surface area (Å²) in [6.07, 6.45) is 1.67. The lowest BCUT2D eigenvalue weighted by Crippen LogP contribution is -2.12. The Morgan fingerprint density at radius 1 is 1.09 bits per heavy atom. The number of fused-ring (bicyclic) bond motifs is 1. The van der Waals surface area contributed by atoms with Crippen LogP contribution < -0.4 is 10.2 Å². The van der Waals surface area contributed by atoms with Gasteiger partial charge in [0.1, 0.15) is 5.82 Å². The van der Waals surface area contributed by atoms with Gasteiger partial charge < -0.3 is 10.2 Å². The molecule has 0 atom stereocenters. The van der Waals surface area contributed by atoms with E-state index in [2.05, 4.69) is 30.6 Å². The second kappa shape index (κ2) is 8.21. The molecule has 4 rings (SSSR count). The minimum absolute atomic E-state index is 0.125. The van der Waals surface area contributed by atoms with Crippen LogP contribution in [0.2, 0.25) is 0 Å². The Hall–Kier alpha value is -3.50. The van der Waals surface area contributed by atoms with Crippen LogP contribution in [0.3, 0.4) is 0 Å². The van der Waals surface area contributed by atoms with E-state index in [0.717, 1.165) is 29.4 Å². The molecule has 32 heavy (non-hydrogen) atoms. The van der Waals surface area contributed by atoms with E-state index in [1.54, 1.807) is 25.3 Å². The highest BCUT2D eigenvalue weighted by molar-refractivity contribution is 7.86. The maximum Gasteiger partial charge on any atom is 0.296 e. The highest BCUT2D eigenvalue weighted by Crippen LogP contribution is 2.28. The van der Waals surface area contributed by atoms with Crippen molar-refractivity contribution in [3.8, 4) is 0 Å². The highest BCUT2D eigenvalue weighted by Gasteiger charge is 2.16. The van der Waals surface area contributed by atoms with E-state index in [-0.39, 0.29) is 4.90 Å². The Morgan fingerprint density at radius 2 is 1.88 bits per heavy atom. The molecule has 0 aliphatic carbocycles. The van der Waals surface area contributed by atoms with E-state index in [9.17, 15) is 8.42 Å². The quantitative estimate of drug-likeness (QED) is 0.441. The first-order valence-corrected chi connectivity index (χ1v) is 11.3. The van der Waals surface area contributed by atoms with Crippen molar-refractivity contribution in [2.75, 3.05) is 24.4 Å². The van der Waals surface area contributed by atoms with Gasteiger partial charge in [-0.25, -0.2) is 4.98 Å². The van der Waals surface area contributed by atoms with E-state index in [0.29, 0.717) is 23.0 Å². The molecule has 0 aliphatic rings. The molecule has 4 aromatic rings. The zero-order chi connectivity index (χ0) is 23.0. The average molecular weight is 453 g/mol. The molecule has 0 unspecified atom stereocenters. The van der Waals surface area contributed by atoms with E-state index in [1.165, 1.54) is 6.07 Å². The molecule has 0 bridgehead atoms. The molecule has 9 nitrogen and oxygen atoms in total. The number of hydrogen-bond donors (Lipinski definition) is 1. The largest absolute Gasteiger partial charge is 0.329 e. The van der Waals surface area contributed by atoms with Crippen molar-refractivity contribution in [3.05, 3.63) is 59.9 Å². The third kappa shape index (κ3) is 4.02.